The molecule has 8 nitrogen and oxygen atoms in total. The average Bonchev–Trinajstić information content (AvgIpc) is 3.34. The van der Waals surface area contributed by atoms with Crippen LogP contribution in [0, 0.1) is 18.8 Å². The first-order valence-corrected chi connectivity index (χ1v) is 11.1. The van der Waals surface area contributed by atoms with E-state index in [9.17, 15) is 9.90 Å². The fourth-order valence-electron chi connectivity index (χ4n) is 5.00. The molecule has 2 fully saturated rings. The summed E-state index contributed by atoms with van der Waals surface area (Å²) in [6.07, 6.45) is 3.52. The zero-order valence-corrected chi connectivity index (χ0v) is 19.2. The van der Waals surface area contributed by atoms with Gasteiger partial charge in [-0.2, -0.15) is 5.21 Å². The molecule has 0 bridgehead atoms. The van der Waals surface area contributed by atoms with Gasteiger partial charge in [0.05, 0.1) is 11.7 Å². The molecule has 1 saturated carbocycles. The van der Waals surface area contributed by atoms with Crippen molar-refractivity contribution in [2.75, 3.05) is 6.54 Å². The van der Waals surface area contributed by atoms with E-state index in [1.165, 1.54) is 5.56 Å². The number of carboxylic acids is 1. The molecule has 1 aromatic heterocycles. The van der Waals surface area contributed by atoms with Crippen molar-refractivity contribution in [3.05, 3.63) is 48.0 Å². The van der Waals surface area contributed by atoms with Crippen LogP contribution < -0.4 is 10.1 Å². The number of piperidine rings is 1. The summed E-state index contributed by atoms with van der Waals surface area (Å²) in [7, 11) is 0. The largest absolute Gasteiger partial charge is 0.490 e. The number of hydrogen-bond donors (Lipinski definition) is 3. The fraction of sp³-hybridized carbons (Fsp3) is 0.417. The molecule has 1 aliphatic carbocycles. The maximum absolute atomic E-state index is 11.5. The highest BCUT2D eigenvalue weighted by Crippen LogP contribution is 2.39. The predicted molar refractivity (Wildman–Crippen MR) is 126 cm³/mol. The number of H-pyrrole nitrogens is 1. The first-order chi connectivity index (χ1) is 15.6. The summed E-state index contributed by atoms with van der Waals surface area (Å²) in [6, 6.07) is 14.0. The van der Waals surface area contributed by atoms with Gasteiger partial charge < -0.3 is 15.2 Å². The van der Waals surface area contributed by atoms with Crippen molar-refractivity contribution < 1.29 is 14.6 Å². The molecule has 2 aliphatic rings. The maximum atomic E-state index is 11.5. The standard InChI is InChI=1S/C24H27N5O3.ClH/c1-14-2-4-15(5-3-14)16-7-9-20(23-26-28-29-27-23)22(12-16)32-19-8-6-17-13-25-21(24(30)31)11-18(17)10-19;/h2-5,7,9,12,17-19,21,25H,6,8,10-11,13H2,1H3,(H,30,31)(H,26,27,28,29);1H/t17-,18-,19-,21-;/m0./s1. The van der Waals surface area contributed by atoms with E-state index in [0.717, 1.165) is 48.2 Å². The average molecular weight is 470 g/mol. The van der Waals surface area contributed by atoms with Crippen LogP contribution in [0.15, 0.2) is 42.5 Å². The third-order valence-electron chi connectivity index (χ3n) is 6.80. The second kappa shape index (κ2) is 9.89. The van der Waals surface area contributed by atoms with Crippen LogP contribution in [-0.4, -0.2) is 50.4 Å². The topological polar surface area (TPSA) is 113 Å². The highest BCUT2D eigenvalue weighted by molar-refractivity contribution is 5.85. The molecule has 3 aromatic rings. The lowest BCUT2D eigenvalue weighted by atomic mass is 9.72. The first-order valence-electron chi connectivity index (χ1n) is 11.1. The van der Waals surface area contributed by atoms with Crippen LogP contribution in [0.2, 0.25) is 0 Å². The number of rotatable bonds is 5. The van der Waals surface area contributed by atoms with Gasteiger partial charge in [0, 0.05) is 0 Å². The van der Waals surface area contributed by atoms with Crippen molar-refractivity contribution in [2.24, 2.45) is 11.8 Å². The molecule has 174 valence electrons. The van der Waals surface area contributed by atoms with Crippen molar-refractivity contribution in [3.63, 3.8) is 0 Å². The first kappa shape index (κ1) is 23.2. The second-order valence-electron chi connectivity index (χ2n) is 8.92. The molecule has 4 atom stereocenters. The van der Waals surface area contributed by atoms with Crippen molar-refractivity contribution >= 4 is 18.4 Å². The Morgan fingerprint density at radius 3 is 2.58 bits per heavy atom. The minimum Gasteiger partial charge on any atom is -0.490 e. The van der Waals surface area contributed by atoms with Gasteiger partial charge in [0.25, 0.3) is 0 Å². The molecule has 2 heterocycles. The number of ether oxygens (including phenoxy) is 1. The van der Waals surface area contributed by atoms with E-state index in [4.69, 9.17) is 4.74 Å². The van der Waals surface area contributed by atoms with Gasteiger partial charge in [-0.3, -0.25) is 4.79 Å². The maximum Gasteiger partial charge on any atom is 0.320 e. The van der Waals surface area contributed by atoms with Crippen molar-refractivity contribution in [3.8, 4) is 28.3 Å². The van der Waals surface area contributed by atoms with Gasteiger partial charge in [-0.15, -0.1) is 22.6 Å². The Hall–Kier alpha value is -2.97. The lowest BCUT2D eigenvalue weighted by molar-refractivity contribution is -0.141. The molecule has 33 heavy (non-hydrogen) atoms. The number of aromatic nitrogens is 4. The van der Waals surface area contributed by atoms with Crippen molar-refractivity contribution in [1.29, 1.82) is 0 Å². The molecule has 9 heteroatoms. The normalized spacial score (nSPS) is 24.4. The molecule has 1 aliphatic heterocycles. The molecule has 3 N–H and O–H groups in total. The van der Waals surface area contributed by atoms with E-state index >= 15 is 0 Å². The molecule has 2 aromatic carbocycles. The summed E-state index contributed by atoms with van der Waals surface area (Å²) >= 11 is 0. The number of benzene rings is 2. The summed E-state index contributed by atoms with van der Waals surface area (Å²) in [5.74, 6) is 1.33. The summed E-state index contributed by atoms with van der Waals surface area (Å²) in [4.78, 5) is 11.5. The number of carboxylic acid groups (broad SMARTS) is 1. The Kier molecular flexibility index (Phi) is 6.95. The summed E-state index contributed by atoms with van der Waals surface area (Å²) in [6.45, 7) is 2.84. The zero-order chi connectivity index (χ0) is 22.1. The number of fused-ring (bicyclic) bond motifs is 1. The van der Waals surface area contributed by atoms with E-state index < -0.39 is 12.0 Å². The van der Waals surface area contributed by atoms with Gasteiger partial charge in [0.15, 0.2) is 0 Å². The minimum atomic E-state index is -0.767. The molecule has 0 radical (unpaired) electrons. The van der Waals surface area contributed by atoms with Crippen LogP contribution in [0.1, 0.15) is 31.2 Å². The number of aliphatic carboxylic acids is 1. The molecular formula is C24H28ClN5O3. The van der Waals surface area contributed by atoms with Crippen LogP contribution in [0.3, 0.4) is 0 Å². The summed E-state index contributed by atoms with van der Waals surface area (Å²) in [5, 5.41) is 27.1. The molecule has 0 amide bonds. The number of nitrogens with one attached hydrogen (secondary N) is 2. The molecular weight excluding hydrogens is 442 g/mol. The van der Waals surface area contributed by atoms with Gasteiger partial charge in [0.2, 0.25) is 5.82 Å². The van der Waals surface area contributed by atoms with Gasteiger partial charge in [-0.25, -0.2) is 0 Å². The number of nitrogens with zero attached hydrogens (tertiary/aromatic N) is 3. The predicted octanol–water partition coefficient (Wildman–Crippen LogP) is 3.87. The highest BCUT2D eigenvalue weighted by Gasteiger charge is 2.38. The quantitative estimate of drug-likeness (QED) is 0.519. The Bertz CT molecular complexity index is 1090. The SMILES string of the molecule is Cc1ccc(-c2ccc(-c3nn[nH]n3)c(O[C@H]3CC[C@H]4CN[C@H](C(=O)O)C[C@@H]4C3)c2)cc1.Cl. The Labute approximate surface area is 198 Å². The highest BCUT2D eigenvalue weighted by atomic mass is 35.5. The molecule has 1 saturated heterocycles. The number of halogens is 1. The van der Waals surface area contributed by atoms with Crippen LogP contribution in [-0.2, 0) is 4.79 Å². The fourth-order valence-corrected chi connectivity index (χ4v) is 5.00. The monoisotopic (exact) mass is 469 g/mol. The third-order valence-corrected chi connectivity index (χ3v) is 6.80. The molecule has 0 unspecified atom stereocenters. The van der Waals surface area contributed by atoms with E-state index in [1.807, 2.05) is 18.2 Å². The number of hydrogen-bond acceptors (Lipinski definition) is 6. The van der Waals surface area contributed by atoms with Crippen LogP contribution in [0.25, 0.3) is 22.5 Å². The Morgan fingerprint density at radius 2 is 1.85 bits per heavy atom. The summed E-state index contributed by atoms with van der Waals surface area (Å²) in [5.41, 5.74) is 4.19. The lowest BCUT2D eigenvalue weighted by Crippen LogP contribution is -2.50. The van der Waals surface area contributed by atoms with Gasteiger partial charge >= 0.3 is 5.97 Å². The third kappa shape index (κ3) is 5.02. The van der Waals surface area contributed by atoms with Crippen molar-refractivity contribution in [1.82, 2.24) is 25.9 Å². The van der Waals surface area contributed by atoms with E-state index in [1.54, 1.807) is 0 Å². The minimum absolute atomic E-state index is 0. The zero-order valence-electron chi connectivity index (χ0n) is 18.4. The number of aryl methyl sites for hydroxylation is 1. The van der Waals surface area contributed by atoms with E-state index in [2.05, 4.69) is 57.1 Å². The Morgan fingerprint density at radius 1 is 1.06 bits per heavy atom. The molecule has 5 rings (SSSR count). The van der Waals surface area contributed by atoms with Crippen LogP contribution in [0.4, 0.5) is 0 Å². The number of carbonyl (C=O) groups is 1. The Balaban J connectivity index is 0.00000259. The lowest BCUT2D eigenvalue weighted by Gasteiger charge is -2.41. The number of tetrazole rings is 1. The van der Waals surface area contributed by atoms with Gasteiger partial charge in [-0.1, -0.05) is 35.9 Å². The van der Waals surface area contributed by atoms with Gasteiger partial charge in [-0.05, 0) is 79.5 Å². The van der Waals surface area contributed by atoms with E-state index in [0.29, 0.717) is 24.1 Å². The summed E-state index contributed by atoms with van der Waals surface area (Å²) < 4.78 is 6.55. The van der Waals surface area contributed by atoms with Crippen LogP contribution in [0.5, 0.6) is 5.75 Å². The van der Waals surface area contributed by atoms with E-state index in [-0.39, 0.29) is 18.5 Å². The van der Waals surface area contributed by atoms with Crippen LogP contribution >= 0.6 is 12.4 Å². The smallest absolute Gasteiger partial charge is 0.320 e. The second-order valence-corrected chi connectivity index (χ2v) is 8.92. The van der Waals surface area contributed by atoms with Gasteiger partial charge in [0.1, 0.15) is 11.8 Å². The van der Waals surface area contributed by atoms with Crippen molar-refractivity contribution in [2.45, 2.75) is 44.8 Å². The molecule has 0 spiro atoms. The number of aromatic amines is 1.